The van der Waals surface area contributed by atoms with Gasteiger partial charge in [0.1, 0.15) is 4.21 Å². The zero-order chi connectivity index (χ0) is 13.2. The van der Waals surface area contributed by atoms with Gasteiger partial charge in [-0.25, -0.2) is 8.42 Å². The molecular formula is C10H14N2O4S2. The van der Waals surface area contributed by atoms with E-state index in [0.29, 0.717) is 5.56 Å². The van der Waals surface area contributed by atoms with Crippen LogP contribution in [0.15, 0.2) is 15.7 Å². The minimum Gasteiger partial charge on any atom is -0.339 e. The summed E-state index contributed by atoms with van der Waals surface area (Å²) in [7, 11) is -3.89. The van der Waals surface area contributed by atoms with Crippen LogP contribution in [0.4, 0.5) is 0 Å². The predicted octanol–water partition coefficient (Wildman–Crippen LogP) is 1.04. The third kappa shape index (κ3) is 2.72. The van der Waals surface area contributed by atoms with Crippen LogP contribution in [0, 0.1) is 0 Å². The second-order valence-electron chi connectivity index (χ2n) is 4.10. The van der Waals surface area contributed by atoms with Gasteiger partial charge >= 0.3 is 0 Å². The van der Waals surface area contributed by atoms with Crippen LogP contribution in [0.25, 0.3) is 0 Å². The van der Waals surface area contributed by atoms with Gasteiger partial charge in [-0.05, 0) is 25.3 Å². The van der Waals surface area contributed by atoms with E-state index in [2.05, 4.69) is 0 Å². The van der Waals surface area contributed by atoms with Crippen molar-refractivity contribution in [2.24, 2.45) is 0 Å². The number of carbonyl (C=O) groups is 1. The minimum absolute atomic E-state index is 0.0645. The predicted molar refractivity (Wildman–Crippen MR) is 66.2 cm³/mol. The first-order chi connectivity index (χ1) is 8.54. The van der Waals surface area contributed by atoms with E-state index in [1.807, 2.05) is 0 Å². The summed E-state index contributed by atoms with van der Waals surface area (Å²) < 4.78 is 22.6. The number of amides is 1. The van der Waals surface area contributed by atoms with Crippen molar-refractivity contribution in [1.82, 2.24) is 9.79 Å². The van der Waals surface area contributed by atoms with Crippen LogP contribution in [0.3, 0.4) is 0 Å². The van der Waals surface area contributed by atoms with Gasteiger partial charge in [-0.2, -0.15) is 0 Å². The smallest absolute Gasteiger partial charge is 0.271 e. The Kier molecular flexibility index (Phi) is 4.00. The average Bonchev–Trinajstić information content (AvgIpc) is 2.89. The first kappa shape index (κ1) is 13.5. The van der Waals surface area contributed by atoms with Crippen molar-refractivity contribution < 1.29 is 18.4 Å². The van der Waals surface area contributed by atoms with Crippen molar-refractivity contribution in [2.45, 2.75) is 23.5 Å². The number of piperidine rings is 1. The van der Waals surface area contributed by atoms with Gasteiger partial charge in [-0.1, -0.05) is 4.89 Å². The molecule has 1 saturated heterocycles. The van der Waals surface area contributed by atoms with E-state index >= 15 is 0 Å². The summed E-state index contributed by atoms with van der Waals surface area (Å²) in [5, 5.41) is 10.0. The van der Waals surface area contributed by atoms with E-state index in [1.165, 1.54) is 16.3 Å². The third-order valence-electron chi connectivity index (χ3n) is 2.85. The van der Waals surface area contributed by atoms with Crippen LogP contribution in [0.1, 0.15) is 29.6 Å². The minimum atomic E-state index is -3.89. The summed E-state index contributed by atoms with van der Waals surface area (Å²) in [6.07, 6.45) is 3.10. The molecule has 0 aromatic carbocycles. The molecule has 8 heteroatoms. The molecule has 2 heterocycles. The normalized spacial score (nSPS) is 16.8. The van der Waals surface area contributed by atoms with E-state index in [-0.39, 0.29) is 10.1 Å². The molecule has 0 aliphatic carbocycles. The number of rotatable bonds is 3. The molecule has 6 nitrogen and oxygen atoms in total. The highest BCUT2D eigenvalue weighted by atomic mass is 32.2. The van der Waals surface area contributed by atoms with Crippen molar-refractivity contribution in [3.05, 3.63) is 17.0 Å². The van der Waals surface area contributed by atoms with Gasteiger partial charge in [-0.15, -0.1) is 11.3 Å². The Morgan fingerprint density at radius 1 is 1.33 bits per heavy atom. The SMILES string of the molecule is O=C(c1csc(S(=O)(=O)NO)c1)N1CCCCC1. The summed E-state index contributed by atoms with van der Waals surface area (Å²) in [4.78, 5) is 15.1. The van der Waals surface area contributed by atoms with Crippen molar-refractivity contribution in [3.8, 4) is 0 Å². The van der Waals surface area contributed by atoms with E-state index in [0.717, 1.165) is 43.7 Å². The highest BCUT2D eigenvalue weighted by molar-refractivity contribution is 7.91. The Morgan fingerprint density at radius 2 is 2.00 bits per heavy atom. The number of nitrogens with zero attached hydrogens (tertiary/aromatic N) is 1. The van der Waals surface area contributed by atoms with Crippen molar-refractivity contribution in [3.63, 3.8) is 0 Å². The third-order valence-corrected chi connectivity index (χ3v) is 5.41. The summed E-state index contributed by atoms with van der Waals surface area (Å²) in [5.74, 6) is -0.148. The van der Waals surface area contributed by atoms with Gasteiger partial charge in [0.25, 0.3) is 15.9 Å². The Hall–Kier alpha value is -0.960. The first-order valence-corrected chi connectivity index (χ1v) is 7.94. The van der Waals surface area contributed by atoms with Crippen LogP contribution in [-0.4, -0.2) is 37.5 Å². The van der Waals surface area contributed by atoms with E-state index < -0.39 is 10.0 Å². The summed E-state index contributed by atoms with van der Waals surface area (Å²) in [6, 6.07) is 1.29. The maximum atomic E-state index is 12.1. The maximum Gasteiger partial charge on any atom is 0.271 e. The van der Waals surface area contributed by atoms with Gasteiger partial charge in [0, 0.05) is 18.5 Å². The Balaban J connectivity index is 2.17. The van der Waals surface area contributed by atoms with Gasteiger partial charge in [0.15, 0.2) is 0 Å². The summed E-state index contributed by atoms with van der Waals surface area (Å²) >= 11 is 0.915. The topological polar surface area (TPSA) is 86.7 Å². The maximum absolute atomic E-state index is 12.1. The number of likely N-dealkylation sites (tertiary alicyclic amines) is 1. The molecule has 100 valence electrons. The molecule has 0 radical (unpaired) electrons. The van der Waals surface area contributed by atoms with Gasteiger partial charge in [0.2, 0.25) is 0 Å². The largest absolute Gasteiger partial charge is 0.339 e. The lowest BCUT2D eigenvalue weighted by molar-refractivity contribution is 0.0724. The zero-order valence-corrected chi connectivity index (χ0v) is 11.3. The lowest BCUT2D eigenvalue weighted by Gasteiger charge is -2.26. The van der Waals surface area contributed by atoms with Crippen molar-refractivity contribution in [2.75, 3.05) is 13.1 Å². The average molecular weight is 290 g/mol. The molecule has 2 rings (SSSR count). The zero-order valence-electron chi connectivity index (χ0n) is 9.63. The van der Waals surface area contributed by atoms with E-state index in [1.54, 1.807) is 4.90 Å². The molecule has 1 fully saturated rings. The summed E-state index contributed by atoms with van der Waals surface area (Å²) in [5.41, 5.74) is 0.357. The molecule has 0 bridgehead atoms. The monoisotopic (exact) mass is 290 g/mol. The van der Waals surface area contributed by atoms with Gasteiger partial charge in [-0.3, -0.25) is 4.79 Å². The molecular weight excluding hydrogens is 276 g/mol. The van der Waals surface area contributed by atoms with Crippen molar-refractivity contribution >= 4 is 27.3 Å². The van der Waals surface area contributed by atoms with Crippen molar-refractivity contribution in [1.29, 1.82) is 0 Å². The molecule has 1 aliphatic rings. The van der Waals surface area contributed by atoms with Crippen LogP contribution in [-0.2, 0) is 10.0 Å². The number of thiophene rings is 1. The van der Waals surface area contributed by atoms with Gasteiger partial charge < -0.3 is 10.1 Å². The highest BCUT2D eigenvalue weighted by Gasteiger charge is 2.22. The standard InChI is InChI=1S/C10H14N2O4S2/c13-10(12-4-2-1-3-5-12)8-6-9(17-7-8)18(15,16)11-14/h6-7,11,14H,1-5H2. The number of hydrogen-bond acceptors (Lipinski definition) is 5. The molecule has 18 heavy (non-hydrogen) atoms. The Bertz CT molecular complexity index is 532. The van der Waals surface area contributed by atoms with Crippen LogP contribution < -0.4 is 4.89 Å². The quantitative estimate of drug-likeness (QED) is 0.814. The first-order valence-electron chi connectivity index (χ1n) is 5.58. The van der Waals surface area contributed by atoms with Gasteiger partial charge in [0.05, 0.1) is 5.56 Å². The number of sulfonamides is 1. The molecule has 1 aromatic heterocycles. The molecule has 2 N–H and O–H groups in total. The highest BCUT2D eigenvalue weighted by Crippen LogP contribution is 2.22. The fourth-order valence-corrected chi connectivity index (χ4v) is 3.64. The molecule has 0 spiro atoms. The van der Waals surface area contributed by atoms with Crippen LogP contribution >= 0.6 is 11.3 Å². The Labute approximate surface area is 109 Å². The van der Waals surface area contributed by atoms with Crippen LogP contribution in [0.5, 0.6) is 0 Å². The van der Waals surface area contributed by atoms with Crippen LogP contribution in [0.2, 0.25) is 0 Å². The molecule has 1 aromatic rings. The second kappa shape index (κ2) is 5.35. The fourth-order valence-electron chi connectivity index (χ4n) is 1.89. The number of nitrogens with one attached hydrogen (secondary N) is 1. The fraction of sp³-hybridized carbons (Fsp3) is 0.500. The molecule has 1 amide bonds. The Morgan fingerprint density at radius 3 is 2.61 bits per heavy atom. The lowest BCUT2D eigenvalue weighted by atomic mass is 10.1. The van der Waals surface area contributed by atoms with E-state index in [9.17, 15) is 13.2 Å². The van der Waals surface area contributed by atoms with E-state index in [4.69, 9.17) is 5.21 Å². The molecule has 1 aliphatic heterocycles. The number of hydrogen-bond donors (Lipinski definition) is 2. The molecule has 0 unspecified atom stereocenters. The number of carbonyl (C=O) groups excluding carboxylic acids is 1. The molecule has 0 atom stereocenters. The summed E-state index contributed by atoms with van der Waals surface area (Å²) in [6.45, 7) is 1.43. The lowest BCUT2D eigenvalue weighted by Crippen LogP contribution is -2.35. The molecule has 0 saturated carbocycles. The second-order valence-corrected chi connectivity index (χ2v) is 6.90.